The van der Waals surface area contributed by atoms with Gasteiger partial charge in [0.15, 0.2) is 0 Å². The molecule has 0 aliphatic carbocycles. The second kappa shape index (κ2) is 15.8. The lowest BCUT2D eigenvalue weighted by Crippen LogP contribution is -2.13. The van der Waals surface area contributed by atoms with Crippen molar-refractivity contribution in [1.29, 1.82) is 0 Å². The van der Waals surface area contributed by atoms with Crippen LogP contribution >= 0.6 is 47.8 Å². The fourth-order valence-corrected chi connectivity index (χ4v) is 3.87. The fraction of sp³-hybridized carbons (Fsp3) is 0.938. The van der Waals surface area contributed by atoms with Crippen LogP contribution in [0.5, 0.6) is 0 Å². The highest BCUT2D eigenvalue weighted by Crippen LogP contribution is 2.25. The Morgan fingerprint density at radius 3 is 1.67 bits per heavy atom. The summed E-state index contributed by atoms with van der Waals surface area (Å²) in [4.78, 5) is 11.5. The minimum absolute atomic E-state index is 0.319. The molecule has 0 rings (SSSR count). The number of carbonyl (C=O) groups is 1. The zero-order valence-electron chi connectivity index (χ0n) is 12.8. The van der Waals surface area contributed by atoms with Gasteiger partial charge in [-0.2, -0.15) is 0 Å². The Morgan fingerprint density at radius 2 is 1.19 bits per heavy atom. The average Bonchev–Trinajstić information content (AvgIpc) is 2.45. The van der Waals surface area contributed by atoms with Crippen molar-refractivity contribution in [2.75, 3.05) is 5.33 Å². The molecule has 0 aromatic heterocycles. The Balaban J connectivity index is 3.38. The van der Waals surface area contributed by atoms with E-state index in [0.717, 1.165) is 24.6 Å². The van der Waals surface area contributed by atoms with Gasteiger partial charge in [0.25, 0.3) is 0 Å². The Kier molecular flexibility index (Phi) is 16.5. The van der Waals surface area contributed by atoms with Crippen LogP contribution in [0, 0.1) is 0 Å². The zero-order chi connectivity index (χ0) is 15.9. The van der Waals surface area contributed by atoms with E-state index in [1.54, 1.807) is 0 Å². The molecule has 2 nitrogen and oxygen atoms in total. The number of carboxylic acids is 1. The molecule has 0 heterocycles. The quantitative estimate of drug-likeness (QED) is 0.204. The van der Waals surface area contributed by atoms with Crippen LogP contribution in [-0.2, 0) is 4.79 Å². The molecule has 0 radical (unpaired) electrons. The van der Waals surface area contributed by atoms with Crippen molar-refractivity contribution >= 4 is 53.8 Å². The first-order valence-corrected chi connectivity index (χ1v) is 11.1. The fourth-order valence-electron chi connectivity index (χ4n) is 2.29. The molecule has 0 saturated heterocycles. The van der Waals surface area contributed by atoms with E-state index >= 15 is 0 Å². The third kappa shape index (κ3) is 15.6. The molecule has 2 atom stereocenters. The average molecular weight is 493 g/mol. The summed E-state index contributed by atoms with van der Waals surface area (Å²) in [5, 5.41) is 9.68. The van der Waals surface area contributed by atoms with Crippen LogP contribution in [-0.4, -0.2) is 26.1 Å². The molecule has 0 saturated carbocycles. The van der Waals surface area contributed by atoms with Gasteiger partial charge in [0.2, 0.25) is 0 Å². The van der Waals surface area contributed by atoms with Crippen LogP contribution in [0.1, 0.15) is 77.0 Å². The maximum atomic E-state index is 10.4. The predicted octanol–water partition coefficient (Wildman–Crippen LogP) is 6.67. The number of rotatable bonds is 15. The van der Waals surface area contributed by atoms with E-state index in [1.165, 1.54) is 51.4 Å². The van der Waals surface area contributed by atoms with E-state index in [0.29, 0.717) is 16.1 Å². The molecule has 126 valence electrons. The molecule has 21 heavy (non-hydrogen) atoms. The Morgan fingerprint density at radius 1 is 0.762 bits per heavy atom. The van der Waals surface area contributed by atoms with E-state index in [2.05, 4.69) is 47.8 Å². The van der Waals surface area contributed by atoms with Gasteiger partial charge < -0.3 is 5.11 Å². The van der Waals surface area contributed by atoms with Crippen LogP contribution in [0.25, 0.3) is 0 Å². The maximum absolute atomic E-state index is 10.4. The summed E-state index contributed by atoms with van der Waals surface area (Å²) in [5.74, 6) is -0.672. The third-order valence-electron chi connectivity index (χ3n) is 3.63. The lowest BCUT2D eigenvalue weighted by Gasteiger charge is -2.16. The summed E-state index contributed by atoms with van der Waals surface area (Å²) in [6.45, 7) is 0. The molecule has 0 fully saturated rings. The topological polar surface area (TPSA) is 37.3 Å². The summed E-state index contributed by atoms with van der Waals surface area (Å²) in [6.07, 6.45) is 13.5. The number of halogens is 3. The van der Waals surface area contributed by atoms with E-state index in [-0.39, 0.29) is 0 Å². The molecule has 0 amide bonds. The van der Waals surface area contributed by atoms with Crippen LogP contribution < -0.4 is 0 Å². The van der Waals surface area contributed by atoms with Gasteiger partial charge in [-0.05, 0) is 25.7 Å². The van der Waals surface area contributed by atoms with Gasteiger partial charge in [0.1, 0.15) is 0 Å². The highest BCUT2D eigenvalue weighted by Gasteiger charge is 2.14. The van der Waals surface area contributed by atoms with Gasteiger partial charge in [-0.3, -0.25) is 4.79 Å². The molecule has 0 aromatic carbocycles. The van der Waals surface area contributed by atoms with Crippen LogP contribution in [0.15, 0.2) is 0 Å². The summed E-state index contributed by atoms with van der Waals surface area (Å²) >= 11 is 11.1. The van der Waals surface area contributed by atoms with Crippen molar-refractivity contribution < 1.29 is 9.90 Å². The second-order valence-corrected chi connectivity index (χ2v) is 8.77. The summed E-state index contributed by atoms with van der Waals surface area (Å²) in [5.41, 5.74) is 0. The number of unbranched alkanes of at least 4 members (excludes halogenated alkanes) is 7. The van der Waals surface area contributed by atoms with Gasteiger partial charge in [0.05, 0.1) is 0 Å². The number of alkyl halides is 3. The van der Waals surface area contributed by atoms with Crippen LogP contribution in [0.4, 0.5) is 0 Å². The van der Waals surface area contributed by atoms with Crippen molar-refractivity contribution in [2.45, 2.75) is 86.7 Å². The van der Waals surface area contributed by atoms with Crippen molar-refractivity contribution in [2.24, 2.45) is 0 Å². The molecular weight excluding hydrogens is 464 g/mol. The molecule has 0 aromatic rings. The van der Waals surface area contributed by atoms with E-state index in [1.807, 2.05) is 0 Å². The van der Waals surface area contributed by atoms with E-state index < -0.39 is 5.97 Å². The Hall–Kier alpha value is 0.910. The highest BCUT2D eigenvalue weighted by atomic mass is 79.9. The van der Waals surface area contributed by atoms with Crippen LogP contribution in [0.2, 0.25) is 0 Å². The molecule has 0 spiro atoms. The lowest BCUT2D eigenvalue weighted by molar-refractivity contribution is -0.137. The molecule has 0 aliphatic rings. The first-order valence-electron chi connectivity index (χ1n) is 8.13. The largest absolute Gasteiger partial charge is 0.481 e. The summed E-state index contributed by atoms with van der Waals surface area (Å²) in [6, 6.07) is 0. The van der Waals surface area contributed by atoms with Crippen LogP contribution in [0.3, 0.4) is 0 Å². The summed E-state index contributed by atoms with van der Waals surface area (Å²) in [7, 11) is 0. The molecule has 0 aliphatic heterocycles. The second-order valence-electron chi connectivity index (χ2n) is 5.62. The minimum atomic E-state index is -0.672. The number of hydrogen-bond acceptors (Lipinski definition) is 1. The summed E-state index contributed by atoms with van der Waals surface area (Å²) < 4.78 is 0. The molecule has 1 N–H and O–H groups in total. The van der Waals surface area contributed by atoms with Gasteiger partial charge in [-0.25, -0.2) is 0 Å². The lowest BCUT2D eigenvalue weighted by atomic mass is 10.0. The SMILES string of the molecule is O=C(O)CCCCCCCC(Br)C(Br)CCCCCCBr. The highest BCUT2D eigenvalue weighted by molar-refractivity contribution is 9.12. The monoisotopic (exact) mass is 490 g/mol. The van der Waals surface area contributed by atoms with E-state index in [9.17, 15) is 4.79 Å². The number of carboxylic acid groups (broad SMARTS) is 1. The first-order chi connectivity index (χ1) is 10.1. The number of aliphatic carboxylic acids is 1. The number of hydrogen-bond donors (Lipinski definition) is 1. The van der Waals surface area contributed by atoms with Gasteiger partial charge in [-0.1, -0.05) is 92.7 Å². The predicted molar refractivity (Wildman–Crippen MR) is 102 cm³/mol. The molecule has 5 heteroatoms. The van der Waals surface area contributed by atoms with Crippen molar-refractivity contribution in [3.8, 4) is 0 Å². The van der Waals surface area contributed by atoms with Gasteiger partial charge in [0, 0.05) is 21.4 Å². The van der Waals surface area contributed by atoms with E-state index in [4.69, 9.17) is 5.11 Å². The normalized spacial score (nSPS) is 14.0. The standard InChI is InChI=1S/C16H29Br3O2/c17-13-9-5-4-7-11-15(19)14(18)10-6-2-1-3-8-12-16(20)21/h14-15H,1-13H2,(H,20,21). The smallest absolute Gasteiger partial charge is 0.303 e. The first kappa shape index (κ1) is 21.9. The van der Waals surface area contributed by atoms with Gasteiger partial charge in [-0.15, -0.1) is 0 Å². The molecular formula is C16H29Br3O2. The third-order valence-corrected chi connectivity index (χ3v) is 7.09. The zero-order valence-corrected chi connectivity index (χ0v) is 17.6. The Labute approximate surface area is 155 Å². The molecule has 0 bridgehead atoms. The van der Waals surface area contributed by atoms with Crippen molar-refractivity contribution in [3.63, 3.8) is 0 Å². The van der Waals surface area contributed by atoms with Crippen molar-refractivity contribution in [3.05, 3.63) is 0 Å². The Bertz CT molecular complexity index is 250. The minimum Gasteiger partial charge on any atom is -0.481 e. The van der Waals surface area contributed by atoms with Crippen molar-refractivity contribution in [1.82, 2.24) is 0 Å². The maximum Gasteiger partial charge on any atom is 0.303 e. The van der Waals surface area contributed by atoms with Gasteiger partial charge >= 0.3 is 5.97 Å². The molecule has 2 unspecified atom stereocenters.